The highest BCUT2D eigenvalue weighted by Gasteiger charge is 2.42. The lowest BCUT2D eigenvalue weighted by Crippen LogP contribution is -2.43. The number of hydrogen-bond donors (Lipinski definition) is 1. The molecule has 0 radical (unpaired) electrons. The van der Waals surface area contributed by atoms with Gasteiger partial charge in [0.2, 0.25) is 0 Å². The molecule has 2 fully saturated rings. The van der Waals surface area contributed by atoms with E-state index in [1.807, 2.05) is 13.8 Å². The van der Waals surface area contributed by atoms with Gasteiger partial charge in [-0.25, -0.2) is 0 Å². The molecule has 5 heteroatoms. The summed E-state index contributed by atoms with van der Waals surface area (Å²) < 4.78 is 11.6. The fraction of sp³-hybridized carbons (Fsp3) is 0.467. The Morgan fingerprint density at radius 3 is 2.40 bits per heavy atom. The zero-order chi connectivity index (χ0) is 14.2. The number of anilines is 1. The third-order valence-corrected chi connectivity index (χ3v) is 3.97. The molecule has 1 N–H and O–H groups in total. The number of nitrogens with one attached hydrogen (secondary N) is 1. The van der Waals surface area contributed by atoms with E-state index >= 15 is 0 Å². The molecule has 2 saturated heterocycles. The summed E-state index contributed by atoms with van der Waals surface area (Å²) in [5, 5.41) is 3.36. The predicted molar refractivity (Wildman–Crippen MR) is 82.3 cm³/mol. The van der Waals surface area contributed by atoms with Crippen LogP contribution in [0.4, 0.5) is 5.69 Å². The zero-order valence-corrected chi connectivity index (χ0v) is 12.2. The van der Waals surface area contributed by atoms with Crippen LogP contribution >= 0.6 is 0 Å². The Kier molecular flexibility index (Phi) is 3.48. The molecule has 2 aliphatic heterocycles. The quantitative estimate of drug-likeness (QED) is 0.818. The minimum atomic E-state index is -0.415. The maximum Gasteiger partial charge on any atom is 0.563 e. The zero-order valence-electron chi connectivity index (χ0n) is 12.2. The SMILES string of the molecule is C=C1OB(c2ccc(N3CCNCC3)cc2)OC1(C)C. The average molecular weight is 272 g/mol. The number of benzene rings is 1. The number of hydrogen-bond acceptors (Lipinski definition) is 4. The molecule has 0 amide bonds. The maximum absolute atomic E-state index is 5.89. The molecule has 106 valence electrons. The third-order valence-electron chi connectivity index (χ3n) is 3.97. The van der Waals surface area contributed by atoms with Crippen LogP contribution in [-0.4, -0.2) is 38.9 Å². The molecule has 0 aromatic heterocycles. The van der Waals surface area contributed by atoms with Crippen LogP contribution in [0.25, 0.3) is 0 Å². The monoisotopic (exact) mass is 272 g/mol. The lowest BCUT2D eigenvalue weighted by molar-refractivity contribution is 0.173. The molecule has 0 aliphatic carbocycles. The summed E-state index contributed by atoms with van der Waals surface area (Å²) in [5.74, 6) is 0.689. The summed E-state index contributed by atoms with van der Waals surface area (Å²) in [6.07, 6.45) is 0. The van der Waals surface area contributed by atoms with Crippen molar-refractivity contribution >= 4 is 18.3 Å². The van der Waals surface area contributed by atoms with Crippen molar-refractivity contribution in [3.8, 4) is 0 Å². The normalized spacial score (nSPS) is 22.0. The van der Waals surface area contributed by atoms with Crippen molar-refractivity contribution in [1.82, 2.24) is 5.32 Å². The van der Waals surface area contributed by atoms with E-state index in [1.165, 1.54) is 5.69 Å². The standard InChI is InChI=1S/C15H21BN2O2/c1-12-15(2,3)20-16(19-12)13-4-6-14(7-5-13)18-10-8-17-9-11-18/h4-7,17H,1,8-11H2,2-3H3. The molecular weight excluding hydrogens is 251 g/mol. The first kappa shape index (κ1) is 13.5. The molecule has 4 nitrogen and oxygen atoms in total. The summed E-state index contributed by atoms with van der Waals surface area (Å²) in [5.41, 5.74) is 1.88. The fourth-order valence-corrected chi connectivity index (χ4v) is 2.53. The van der Waals surface area contributed by atoms with E-state index in [0.29, 0.717) is 5.76 Å². The van der Waals surface area contributed by atoms with Crippen molar-refractivity contribution in [1.29, 1.82) is 0 Å². The van der Waals surface area contributed by atoms with Gasteiger partial charge in [0, 0.05) is 31.9 Å². The second-order valence-corrected chi connectivity index (χ2v) is 5.83. The van der Waals surface area contributed by atoms with Crippen molar-refractivity contribution < 1.29 is 9.31 Å². The molecule has 0 bridgehead atoms. The van der Waals surface area contributed by atoms with Crippen LogP contribution in [0.2, 0.25) is 0 Å². The van der Waals surface area contributed by atoms with Crippen LogP contribution in [0.5, 0.6) is 0 Å². The van der Waals surface area contributed by atoms with Gasteiger partial charge in [-0.2, -0.15) is 0 Å². The first-order valence-corrected chi connectivity index (χ1v) is 7.16. The predicted octanol–water partition coefficient (Wildman–Crippen LogP) is 1.13. The van der Waals surface area contributed by atoms with E-state index in [4.69, 9.17) is 9.31 Å². The highest BCUT2D eigenvalue weighted by atomic mass is 16.7. The highest BCUT2D eigenvalue weighted by Crippen LogP contribution is 2.29. The molecule has 0 unspecified atom stereocenters. The highest BCUT2D eigenvalue weighted by molar-refractivity contribution is 6.62. The van der Waals surface area contributed by atoms with Gasteiger partial charge in [0.25, 0.3) is 0 Å². The van der Waals surface area contributed by atoms with E-state index < -0.39 is 5.60 Å². The second-order valence-electron chi connectivity index (χ2n) is 5.83. The maximum atomic E-state index is 5.89. The third kappa shape index (κ3) is 2.56. The molecule has 2 heterocycles. The largest absolute Gasteiger partial charge is 0.563 e. The van der Waals surface area contributed by atoms with Gasteiger partial charge in [0.15, 0.2) is 0 Å². The Bertz CT molecular complexity index is 495. The van der Waals surface area contributed by atoms with Gasteiger partial charge in [-0.15, -0.1) is 0 Å². The fourth-order valence-electron chi connectivity index (χ4n) is 2.53. The summed E-state index contributed by atoms with van der Waals surface area (Å²) in [4.78, 5) is 2.39. The minimum absolute atomic E-state index is 0.338. The molecule has 2 aliphatic rings. The Hall–Kier alpha value is -1.46. The molecule has 0 atom stereocenters. The molecule has 0 saturated carbocycles. The summed E-state index contributed by atoms with van der Waals surface area (Å²) >= 11 is 0. The Morgan fingerprint density at radius 1 is 1.20 bits per heavy atom. The van der Waals surface area contributed by atoms with Gasteiger partial charge in [-0.1, -0.05) is 18.7 Å². The number of piperazine rings is 1. The van der Waals surface area contributed by atoms with Crippen molar-refractivity contribution in [2.45, 2.75) is 19.4 Å². The van der Waals surface area contributed by atoms with E-state index in [2.05, 4.69) is 41.1 Å². The van der Waals surface area contributed by atoms with Gasteiger partial charge in [0.1, 0.15) is 5.60 Å². The van der Waals surface area contributed by atoms with Gasteiger partial charge >= 0.3 is 7.12 Å². The lowest BCUT2D eigenvalue weighted by Gasteiger charge is -2.29. The molecule has 1 aromatic carbocycles. The Balaban J connectivity index is 1.72. The minimum Gasteiger partial charge on any atom is -0.534 e. The molecule has 3 rings (SSSR count). The van der Waals surface area contributed by atoms with Crippen molar-refractivity contribution in [2.75, 3.05) is 31.1 Å². The Morgan fingerprint density at radius 2 is 1.85 bits per heavy atom. The Labute approximate surface area is 120 Å². The number of nitrogens with zero attached hydrogens (tertiary/aromatic N) is 1. The van der Waals surface area contributed by atoms with Crippen LogP contribution in [-0.2, 0) is 9.31 Å². The van der Waals surface area contributed by atoms with Crippen LogP contribution in [0.3, 0.4) is 0 Å². The van der Waals surface area contributed by atoms with Crippen molar-refractivity contribution in [3.63, 3.8) is 0 Å². The second kappa shape index (κ2) is 5.15. The van der Waals surface area contributed by atoms with E-state index in [1.54, 1.807) is 0 Å². The van der Waals surface area contributed by atoms with Crippen LogP contribution in [0.1, 0.15) is 13.8 Å². The number of rotatable bonds is 2. The van der Waals surface area contributed by atoms with E-state index in [9.17, 15) is 0 Å². The van der Waals surface area contributed by atoms with Crippen LogP contribution < -0.4 is 15.7 Å². The molecule has 0 spiro atoms. The first-order chi connectivity index (χ1) is 9.56. The van der Waals surface area contributed by atoms with E-state index in [-0.39, 0.29) is 7.12 Å². The van der Waals surface area contributed by atoms with Crippen molar-refractivity contribution in [3.05, 3.63) is 36.6 Å². The summed E-state index contributed by atoms with van der Waals surface area (Å²) in [7, 11) is -0.338. The first-order valence-electron chi connectivity index (χ1n) is 7.16. The summed E-state index contributed by atoms with van der Waals surface area (Å²) in [6.45, 7) is 12.1. The smallest absolute Gasteiger partial charge is 0.534 e. The van der Waals surface area contributed by atoms with Crippen LogP contribution in [0, 0.1) is 0 Å². The summed E-state index contributed by atoms with van der Waals surface area (Å²) in [6, 6.07) is 8.44. The molecule has 20 heavy (non-hydrogen) atoms. The lowest BCUT2D eigenvalue weighted by atomic mass is 9.79. The average Bonchev–Trinajstić information content (AvgIpc) is 2.74. The van der Waals surface area contributed by atoms with Gasteiger partial charge < -0.3 is 19.5 Å². The van der Waals surface area contributed by atoms with E-state index in [0.717, 1.165) is 31.6 Å². The van der Waals surface area contributed by atoms with Crippen molar-refractivity contribution in [2.24, 2.45) is 0 Å². The van der Waals surface area contributed by atoms with Crippen LogP contribution in [0.15, 0.2) is 36.6 Å². The molecule has 1 aromatic rings. The van der Waals surface area contributed by atoms with Gasteiger partial charge in [-0.3, -0.25) is 0 Å². The van der Waals surface area contributed by atoms with Gasteiger partial charge in [-0.05, 0) is 31.4 Å². The van der Waals surface area contributed by atoms with Gasteiger partial charge in [0.05, 0.1) is 5.76 Å². The topological polar surface area (TPSA) is 33.7 Å². The molecular formula is C15H21BN2O2.